The second kappa shape index (κ2) is 5.69. The first-order valence-electron chi connectivity index (χ1n) is 4.79. The molecule has 0 radical (unpaired) electrons. The molecule has 1 unspecified atom stereocenters. The highest BCUT2D eigenvalue weighted by Crippen LogP contribution is 2.11. The van der Waals surface area contributed by atoms with Crippen LogP contribution in [0.5, 0.6) is 0 Å². The van der Waals surface area contributed by atoms with Crippen LogP contribution in [-0.2, 0) is 16.6 Å². The fourth-order valence-corrected chi connectivity index (χ4v) is 1.20. The molecule has 1 amide bonds. The van der Waals surface area contributed by atoms with Gasteiger partial charge < -0.3 is 19.7 Å². The number of hydrogen-bond acceptors (Lipinski definition) is 4. The van der Waals surface area contributed by atoms with Crippen molar-refractivity contribution in [2.24, 2.45) is 7.05 Å². The van der Waals surface area contributed by atoms with Gasteiger partial charge >= 0.3 is 12.1 Å². The van der Waals surface area contributed by atoms with E-state index < -0.39 is 18.1 Å². The fraction of sp³-hybridized carbons (Fsp3) is 0.300. The molecule has 7 nitrogen and oxygen atoms in total. The molecule has 92 valence electrons. The highest BCUT2D eigenvalue weighted by atomic mass is 16.5. The predicted octanol–water partition coefficient (Wildman–Crippen LogP) is 0.458. The highest BCUT2D eigenvalue weighted by Gasteiger charge is 2.25. The average Bonchev–Trinajstić information content (AvgIpc) is 2.69. The molecular weight excluding hydrogens is 226 g/mol. The molecule has 1 heterocycles. The van der Waals surface area contributed by atoms with Gasteiger partial charge in [0.2, 0.25) is 0 Å². The summed E-state index contributed by atoms with van der Waals surface area (Å²) in [5, 5.41) is 11.2. The van der Waals surface area contributed by atoms with E-state index in [1.54, 1.807) is 7.05 Å². The van der Waals surface area contributed by atoms with Crippen LogP contribution in [0.15, 0.2) is 25.2 Å². The maximum Gasteiger partial charge on any atom is 0.408 e. The van der Waals surface area contributed by atoms with Gasteiger partial charge in [-0.1, -0.05) is 12.7 Å². The molecule has 0 aliphatic carbocycles. The Morgan fingerprint density at radius 3 is 2.94 bits per heavy atom. The van der Waals surface area contributed by atoms with Gasteiger partial charge in [0.15, 0.2) is 6.04 Å². The molecule has 1 aromatic heterocycles. The number of carbonyl (C=O) groups excluding carboxylic acids is 1. The van der Waals surface area contributed by atoms with Crippen LogP contribution in [0.25, 0.3) is 0 Å². The molecule has 1 atom stereocenters. The number of nitrogens with one attached hydrogen (secondary N) is 1. The Morgan fingerprint density at radius 1 is 1.76 bits per heavy atom. The number of hydrogen-bond donors (Lipinski definition) is 2. The lowest BCUT2D eigenvalue weighted by Crippen LogP contribution is -2.35. The molecule has 7 heteroatoms. The van der Waals surface area contributed by atoms with Crippen molar-refractivity contribution < 1.29 is 19.4 Å². The van der Waals surface area contributed by atoms with Gasteiger partial charge in [-0.05, 0) is 0 Å². The van der Waals surface area contributed by atoms with Gasteiger partial charge in [-0.3, -0.25) is 0 Å². The number of imidazole rings is 1. The maximum atomic E-state index is 11.2. The quantitative estimate of drug-likeness (QED) is 0.728. The van der Waals surface area contributed by atoms with E-state index in [0.717, 1.165) is 0 Å². The van der Waals surface area contributed by atoms with Crippen molar-refractivity contribution in [1.29, 1.82) is 0 Å². The summed E-state index contributed by atoms with van der Waals surface area (Å²) in [6.45, 7) is 3.39. The summed E-state index contributed by atoms with van der Waals surface area (Å²) in [4.78, 5) is 26.1. The molecule has 0 aromatic carbocycles. The third kappa shape index (κ3) is 3.33. The summed E-state index contributed by atoms with van der Waals surface area (Å²) in [5.74, 6) is -1.19. The molecule has 0 saturated carbocycles. The molecule has 17 heavy (non-hydrogen) atoms. The predicted molar refractivity (Wildman–Crippen MR) is 58.3 cm³/mol. The lowest BCUT2D eigenvalue weighted by molar-refractivity contribution is -0.139. The summed E-state index contributed by atoms with van der Waals surface area (Å²) in [5.41, 5.74) is 0.355. The van der Waals surface area contributed by atoms with Gasteiger partial charge in [0.1, 0.15) is 6.61 Å². The van der Waals surface area contributed by atoms with Crippen molar-refractivity contribution in [1.82, 2.24) is 14.9 Å². The molecule has 0 spiro atoms. The van der Waals surface area contributed by atoms with E-state index in [-0.39, 0.29) is 6.61 Å². The molecular formula is C10H13N3O4. The van der Waals surface area contributed by atoms with E-state index in [2.05, 4.69) is 21.6 Å². The van der Waals surface area contributed by atoms with Crippen LogP contribution < -0.4 is 5.32 Å². The van der Waals surface area contributed by atoms with Crippen molar-refractivity contribution in [3.8, 4) is 0 Å². The van der Waals surface area contributed by atoms with Crippen LogP contribution in [0.2, 0.25) is 0 Å². The minimum atomic E-state index is -1.19. The van der Waals surface area contributed by atoms with Crippen LogP contribution in [0.4, 0.5) is 4.79 Å². The summed E-state index contributed by atoms with van der Waals surface area (Å²) in [6.07, 6.45) is 3.38. The van der Waals surface area contributed by atoms with E-state index in [0.29, 0.717) is 5.69 Å². The minimum Gasteiger partial charge on any atom is -0.479 e. The summed E-state index contributed by atoms with van der Waals surface area (Å²) in [7, 11) is 1.63. The Bertz CT molecular complexity index is 427. The zero-order chi connectivity index (χ0) is 12.8. The Hall–Kier alpha value is -2.31. The zero-order valence-electron chi connectivity index (χ0n) is 9.29. The van der Waals surface area contributed by atoms with Gasteiger partial charge in [-0.2, -0.15) is 0 Å². The number of carboxylic acids is 1. The number of alkyl carbamates (subject to hydrolysis) is 1. The normalized spacial score (nSPS) is 11.6. The standard InChI is InChI=1S/C10H13N3O4/c1-3-4-17-10(16)12-8(9(14)15)7-5-11-6-13(7)2/h3,5-6,8H,1,4H2,2H3,(H,12,16)(H,14,15). The van der Waals surface area contributed by atoms with Gasteiger partial charge in [0.05, 0.1) is 18.2 Å². The van der Waals surface area contributed by atoms with E-state index in [1.807, 2.05) is 0 Å². The first-order valence-corrected chi connectivity index (χ1v) is 4.79. The summed E-state index contributed by atoms with van der Waals surface area (Å²) < 4.78 is 6.16. The number of aryl methyl sites for hydroxylation is 1. The Balaban J connectivity index is 2.75. The Labute approximate surface area is 97.7 Å². The Kier molecular flexibility index (Phi) is 4.27. The lowest BCUT2D eigenvalue weighted by Gasteiger charge is -2.14. The second-order valence-electron chi connectivity index (χ2n) is 3.23. The largest absolute Gasteiger partial charge is 0.479 e. The molecule has 0 saturated heterocycles. The average molecular weight is 239 g/mol. The van der Waals surface area contributed by atoms with Gasteiger partial charge in [0, 0.05) is 7.05 Å². The second-order valence-corrected chi connectivity index (χ2v) is 3.23. The van der Waals surface area contributed by atoms with E-state index >= 15 is 0 Å². The van der Waals surface area contributed by atoms with Gasteiger partial charge in [0.25, 0.3) is 0 Å². The Morgan fingerprint density at radius 2 is 2.47 bits per heavy atom. The van der Waals surface area contributed by atoms with Crippen molar-refractivity contribution in [2.45, 2.75) is 6.04 Å². The van der Waals surface area contributed by atoms with E-state index in [4.69, 9.17) is 5.11 Å². The number of nitrogens with zero attached hydrogens (tertiary/aromatic N) is 2. The van der Waals surface area contributed by atoms with Crippen molar-refractivity contribution >= 4 is 12.1 Å². The number of aromatic nitrogens is 2. The molecule has 1 rings (SSSR count). The number of carboxylic acid groups (broad SMARTS) is 1. The molecule has 1 aromatic rings. The number of ether oxygens (including phenoxy) is 1. The molecule has 2 N–H and O–H groups in total. The number of carbonyl (C=O) groups is 2. The fourth-order valence-electron chi connectivity index (χ4n) is 1.20. The van der Waals surface area contributed by atoms with Crippen molar-refractivity contribution in [3.05, 3.63) is 30.9 Å². The smallest absolute Gasteiger partial charge is 0.408 e. The SMILES string of the molecule is C=CCOC(=O)NC(C(=O)O)c1cncn1C. The van der Waals surface area contributed by atoms with E-state index in [1.165, 1.54) is 23.2 Å². The third-order valence-electron chi connectivity index (χ3n) is 1.99. The van der Waals surface area contributed by atoms with Crippen molar-refractivity contribution in [2.75, 3.05) is 6.61 Å². The molecule has 0 bridgehead atoms. The van der Waals surface area contributed by atoms with Crippen LogP contribution in [0, 0.1) is 0 Å². The van der Waals surface area contributed by atoms with Crippen LogP contribution in [0.1, 0.15) is 11.7 Å². The van der Waals surface area contributed by atoms with Gasteiger partial charge in [-0.15, -0.1) is 0 Å². The van der Waals surface area contributed by atoms with Gasteiger partial charge in [-0.25, -0.2) is 14.6 Å². The summed E-state index contributed by atoms with van der Waals surface area (Å²) in [6, 6.07) is -1.19. The highest BCUT2D eigenvalue weighted by molar-refractivity contribution is 5.80. The minimum absolute atomic E-state index is 0.0174. The first-order chi connectivity index (χ1) is 8.06. The first kappa shape index (κ1) is 12.8. The third-order valence-corrected chi connectivity index (χ3v) is 1.99. The zero-order valence-corrected chi connectivity index (χ0v) is 9.29. The number of amides is 1. The lowest BCUT2D eigenvalue weighted by atomic mass is 10.2. The van der Waals surface area contributed by atoms with Crippen LogP contribution in [-0.4, -0.2) is 33.3 Å². The topological polar surface area (TPSA) is 93.4 Å². The van der Waals surface area contributed by atoms with Crippen LogP contribution >= 0.6 is 0 Å². The maximum absolute atomic E-state index is 11.2. The molecule has 0 fully saturated rings. The monoisotopic (exact) mass is 239 g/mol. The van der Waals surface area contributed by atoms with Crippen molar-refractivity contribution in [3.63, 3.8) is 0 Å². The van der Waals surface area contributed by atoms with E-state index in [9.17, 15) is 9.59 Å². The summed E-state index contributed by atoms with van der Waals surface area (Å²) >= 11 is 0. The van der Waals surface area contributed by atoms with Crippen LogP contribution in [0.3, 0.4) is 0 Å². The molecule has 0 aliphatic heterocycles. The number of rotatable bonds is 5. The molecule has 0 aliphatic rings. The number of aliphatic carboxylic acids is 1.